The Balaban J connectivity index is 2.27. The maximum absolute atomic E-state index is 13.6. The largest absolute Gasteiger partial charge is 0.454 e. The molecule has 0 spiro atoms. The van der Waals surface area contributed by atoms with Gasteiger partial charge in [0.1, 0.15) is 5.75 Å². The summed E-state index contributed by atoms with van der Waals surface area (Å²) in [5, 5.41) is 2.82. The summed E-state index contributed by atoms with van der Waals surface area (Å²) in [6.07, 6.45) is 1.44. The van der Waals surface area contributed by atoms with Crippen molar-refractivity contribution in [3.8, 4) is 11.5 Å². The van der Waals surface area contributed by atoms with E-state index in [2.05, 4.69) is 10.3 Å². The molecule has 1 heterocycles. The van der Waals surface area contributed by atoms with Gasteiger partial charge in [0.15, 0.2) is 11.6 Å². The Bertz CT molecular complexity index is 581. The van der Waals surface area contributed by atoms with Crippen LogP contribution in [0.4, 0.5) is 10.1 Å². The number of hydrogen-bond donors (Lipinski definition) is 2. The van der Waals surface area contributed by atoms with Gasteiger partial charge in [-0.05, 0) is 18.2 Å². The number of hydrogen-bond acceptors (Lipinski definition) is 3. The lowest BCUT2D eigenvalue weighted by Gasteiger charge is -2.07. The predicted molar refractivity (Wildman–Crippen MR) is 63.1 cm³/mol. The number of H-pyrrole nitrogens is 1. The quantitative estimate of drug-likeness (QED) is 0.857. The van der Waals surface area contributed by atoms with E-state index in [0.29, 0.717) is 11.4 Å². The molecule has 0 saturated carbocycles. The molecule has 0 fully saturated rings. The second kappa shape index (κ2) is 4.69. The molecule has 88 valence electrons. The zero-order valence-electron chi connectivity index (χ0n) is 9.16. The monoisotopic (exact) mass is 234 g/mol. The summed E-state index contributed by atoms with van der Waals surface area (Å²) in [5.41, 5.74) is 0.357. The average molecular weight is 234 g/mol. The topological polar surface area (TPSA) is 54.1 Å². The molecule has 1 aromatic heterocycles. The van der Waals surface area contributed by atoms with Crippen molar-refractivity contribution in [3.63, 3.8) is 0 Å². The number of aromatic amines is 1. The van der Waals surface area contributed by atoms with E-state index in [9.17, 15) is 9.18 Å². The summed E-state index contributed by atoms with van der Waals surface area (Å²) in [7, 11) is 1.70. The van der Waals surface area contributed by atoms with Gasteiger partial charge in [-0.25, -0.2) is 4.39 Å². The van der Waals surface area contributed by atoms with Gasteiger partial charge in [0, 0.05) is 31.1 Å². The summed E-state index contributed by atoms with van der Waals surface area (Å²) in [6.45, 7) is 0. The summed E-state index contributed by atoms with van der Waals surface area (Å²) >= 11 is 0. The van der Waals surface area contributed by atoms with Crippen LogP contribution in [-0.4, -0.2) is 12.0 Å². The molecule has 0 bridgehead atoms. The molecule has 0 atom stereocenters. The molecule has 0 saturated heterocycles. The van der Waals surface area contributed by atoms with Crippen LogP contribution in [0.2, 0.25) is 0 Å². The Morgan fingerprint density at radius 3 is 2.76 bits per heavy atom. The van der Waals surface area contributed by atoms with Crippen LogP contribution in [0.25, 0.3) is 0 Å². The van der Waals surface area contributed by atoms with Gasteiger partial charge in [0.2, 0.25) is 0 Å². The molecule has 17 heavy (non-hydrogen) atoms. The highest BCUT2D eigenvalue weighted by atomic mass is 19.1. The highest BCUT2D eigenvalue weighted by molar-refractivity contribution is 5.47. The first-order valence-electron chi connectivity index (χ1n) is 5.03. The Kier molecular flexibility index (Phi) is 3.09. The van der Waals surface area contributed by atoms with E-state index in [-0.39, 0.29) is 11.3 Å². The van der Waals surface area contributed by atoms with Crippen molar-refractivity contribution in [1.82, 2.24) is 4.98 Å². The van der Waals surface area contributed by atoms with Crippen LogP contribution in [0.15, 0.2) is 41.3 Å². The van der Waals surface area contributed by atoms with Gasteiger partial charge in [-0.2, -0.15) is 0 Å². The number of ether oxygens (including phenoxy) is 1. The summed E-state index contributed by atoms with van der Waals surface area (Å²) in [6, 6.07) is 7.31. The van der Waals surface area contributed by atoms with Crippen LogP contribution in [0.1, 0.15) is 0 Å². The first kappa shape index (κ1) is 11.2. The van der Waals surface area contributed by atoms with Crippen LogP contribution < -0.4 is 15.6 Å². The lowest BCUT2D eigenvalue weighted by Crippen LogP contribution is -2.02. The van der Waals surface area contributed by atoms with E-state index in [1.165, 1.54) is 24.4 Å². The molecule has 0 aliphatic heterocycles. The molecule has 1 aromatic carbocycles. The lowest BCUT2D eigenvalue weighted by atomic mass is 10.3. The van der Waals surface area contributed by atoms with Crippen molar-refractivity contribution in [2.45, 2.75) is 0 Å². The first-order chi connectivity index (χ1) is 8.19. The summed E-state index contributed by atoms with van der Waals surface area (Å²) < 4.78 is 18.8. The molecular formula is C12H11FN2O2. The molecule has 0 unspecified atom stereocenters. The second-order valence-corrected chi connectivity index (χ2v) is 3.39. The van der Waals surface area contributed by atoms with Gasteiger partial charge in [-0.1, -0.05) is 0 Å². The van der Waals surface area contributed by atoms with E-state index < -0.39 is 5.82 Å². The molecule has 0 aliphatic rings. The van der Waals surface area contributed by atoms with E-state index in [4.69, 9.17) is 4.74 Å². The number of pyridine rings is 1. The third-order valence-electron chi connectivity index (χ3n) is 2.19. The Morgan fingerprint density at radius 2 is 2.12 bits per heavy atom. The summed E-state index contributed by atoms with van der Waals surface area (Å²) in [4.78, 5) is 13.5. The van der Waals surface area contributed by atoms with Crippen molar-refractivity contribution >= 4 is 5.69 Å². The normalized spacial score (nSPS) is 10.0. The maximum Gasteiger partial charge on any atom is 0.251 e. The molecule has 4 nitrogen and oxygen atoms in total. The number of halogens is 1. The van der Waals surface area contributed by atoms with Crippen molar-refractivity contribution in [3.05, 3.63) is 52.7 Å². The van der Waals surface area contributed by atoms with Crippen LogP contribution >= 0.6 is 0 Å². The highest BCUT2D eigenvalue weighted by Crippen LogP contribution is 2.25. The Hall–Kier alpha value is -2.30. The average Bonchev–Trinajstić information content (AvgIpc) is 2.32. The Labute approximate surface area is 97.1 Å². The standard InChI is InChI=1S/C12H11FN2O2/c1-14-8-2-3-11(10(13)6-8)17-9-4-5-15-12(16)7-9/h2-7,14H,1H3,(H,15,16). The second-order valence-electron chi connectivity index (χ2n) is 3.39. The van der Waals surface area contributed by atoms with E-state index >= 15 is 0 Å². The van der Waals surface area contributed by atoms with Gasteiger partial charge < -0.3 is 15.0 Å². The minimum absolute atomic E-state index is 0.0783. The van der Waals surface area contributed by atoms with E-state index in [1.807, 2.05) is 0 Å². The summed E-state index contributed by atoms with van der Waals surface area (Å²) in [5.74, 6) is -0.114. The van der Waals surface area contributed by atoms with Crippen molar-refractivity contribution < 1.29 is 9.13 Å². The third-order valence-corrected chi connectivity index (χ3v) is 2.19. The zero-order valence-corrected chi connectivity index (χ0v) is 9.16. The van der Waals surface area contributed by atoms with Crippen LogP contribution in [0.3, 0.4) is 0 Å². The van der Waals surface area contributed by atoms with Crippen molar-refractivity contribution in [2.24, 2.45) is 0 Å². The first-order valence-corrected chi connectivity index (χ1v) is 5.03. The molecule has 5 heteroatoms. The maximum atomic E-state index is 13.6. The molecule has 0 aliphatic carbocycles. The number of nitrogens with one attached hydrogen (secondary N) is 2. The molecule has 2 N–H and O–H groups in total. The fourth-order valence-corrected chi connectivity index (χ4v) is 1.35. The molecule has 2 rings (SSSR count). The SMILES string of the molecule is CNc1ccc(Oc2cc[nH]c(=O)c2)c(F)c1. The fourth-order valence-electron chi connectivity index (χ4n) is 1.35. The van der Waals surface area contributed by atoms with Gasteiger partial charge in [0.25, 0.3) is 5.56 Å². The van der Waals surface area contributed by atoms with Crippen LogP contribution in [-0.2, 0) is 0 Å². The van der Waals surface area contributed by atoms with Crippen molar-refractivity contribution in [2.75, 3.05) is 12.4 Å². The number of benzene rings is 1. The molecule has 0 amide bonds. The van der Waals surface area contributed by atoms with Gasteiger partial charge in [0.05, 0.1) is 0 Å². The van der Waals surface area contributed by atoms with Crippen LogP contribution in [0, 0.1) is 5.82 Å². The van der Waals surface area contributed by atoms with Gasteiger partial charge >= 0.3 is 0 Å². The third kappa shape index (κ3) is 2.63. The Morgan fingerprint density at radius 1 is 1.29 bits per heavy atom. The zero-order chi connectivity index (χ0) is 12.3. The smallest absolute Gasteiger partial charge is 0.251 e. The van der Waals surface area contributed by atoms with Crippen molar-refractivity contribution in [1.29, 1.82) is 0 Å². The number of rotatable bonds is 3. The van der Waals surface area contributed by atoms with Gasteiger partial charge in [-0.15, -0.1) is 0 Å². The van der Waals surface area contributed by atoms with E-state index in [1.54, 1.807) is 19.2 Å². The highest BCUT2D eigenvalue weighted by Gasteiger charge is 2.05. The molecule has 0 radical (unpaired) electrons. The number of anilines is 1. The van der Waals surface area contributed by atoms with Gasteiger partial charge in [-0.3, -0.25) is 4.79 Å². The number of aromatic nitrogens is 1. The molecular weight excluding hydrogens is 223 g/mol. The fraction of sp³-hybridized carbons (Fsp3) is 0.0833. The minimum Gasteiger partial charge on any atom is -0.454 e. The minimum atomic E-state index is -0.489. The predicted octanol–water partition coefficient (Wildman–Crippen LogP) is 2.35. The lowest BCUT2D eigenvalue weighted by molar-refractivity contribution is 0.441. The molecule has 2 aromatic rings. The van der Waals surface area contributed by atoms with E-state index in [0.717, 1.165) is 0 Å². The van der Waals surface area contributed by atoms with Crippen LogP contribution in [0.5, 0.6) is 11.5 Å².